The summed E-state index contributed by atoms with van der Waals surface area (Å²) < 4.78 is 38.7. The zero-order valence-electron chi connectivity index (χ0n) is 13.5. The quantitative estimate of drug-likeness (QED) is 0.570. The van der Waals surface area contributed by atoms with E-state index in [4.69, 9.17) is 11.6 Å². The number of carbonyl (C=O) groups is 1. The second-order valence-electron chi connectivity index (χ2n) is 6.14. The van der Waals surface area contributed by atoms with Gasteiger partial charge in [-0.15, -0.1) is 0 Å². The Hall–Kier alpha value is -2.41. The van der Waals surface area contributed by atoms with E-state index in [1.165, 1.54) is 12.1 Å². The smallest absolute Gasteiger partial charge is 0.417 e. The molecule has 0 unspecified atom stereocenters. The van der Waals surface area contributed by atoms with Gasteiger partial charge in [0.15, 0.2) is 0 Å². The molecule has 0 heterocycles. The van der Waals surface area contributed by atoms with Crippen molar-refractivity contribution in [3.63, 3.8) is 0 Å². The molecular weight excluding hydrogens is 369 g/mol. The van der Waals surface area contributed by atoms with E-state index < -0.39 is 22.8 Å². The van der Waals surface area contributed by atoms with Gasteiger partial charge in [0.2, 0.25) is 0 Å². The second kappa shape index (κ2) is 7.07. The first-order chi connectivity index (χ1) is 12.3. The highest BCUT2D eigenvalue weighted by molar-refractivity contribution is 6.31. The van der Waals surface area contributed by atoms with E-state index in [1.54, 1.807) is 6.07 Å². The number of carbonyl (C=O) groups excluding carboxylic acids is 1. The molecule has 2 aromatic carbocycles. The molecule has 2 aromatic rings. The molecule has 138 valence electrons. The SMILES string of the molecule is O=C(Nc1ccc(Cl)c(C(F)(F)F)c1)Nc1c(O)cccc1C1CCC1. The number of alkyl halides is 3. The molecule has 1 aliphatic carbocycles. The number of amides is 2. The molecule has 0 aliphatic heterocycles. The zero-order valence-corrected chi connectivity index (χ0v) is 14.3. The molecule has 26 heavy (non-hydrogen) atoms. The van der Waals surface area contributed by atoms with Gasteiger partial charge in [0.25, 0.3) is 0 Å². The molecule has 0 atom stereocenters. The summed E-state index contributed by atoms with van der Waals surface area (Å²) in [4.78, 5) is 12.2. The van der Waals surface area contributed by atoms with Crippen LogP contribution in [-0.2, 0) is 6.18 Å². The molecule has 1 aliphatic rings. The van der Waals surface area contributed by atoms with E-state index in [-0.39, 0.29) is 23.0 Å². The lowest BCUT2D eigenvalue weighted by atomic mass is 9.79. The van der Waals surface area contributed by atoms with E-state index >= 15 is 0 Å². The van der Waals surface area contributed by atoms with Crippen LogP contribution in [0.25, 0.3) is 0 Å². The van der Waals surface area contributed by atoms with Gasteiger partial charge in [-0.25, -0.2) is 4.79 Å². The molecule has 3 rings (SSSR count). The Balaban J connectivity index is 1.78. The Morgan fingerprint density at radius 2 is 1.88 bits per heavy atom. The lowest BCUT2D eigenvalue weighted by Crippen LogP contribution is -2.22. The number of aromatic hydroxyl groups is 1. The fourth-order valence-electron chi connectivity index (χ4n) is 2.85. The molecule has 2 amide bonds. The average Bonchev–Trinajstić information content (AvgIpc) is 2.50. The van der Waals surface area contributed by atoms with Crippen LogP contribution in [0.1, 0.15) is 36.3 Å². The minimum absolute atomic E-state index is 0.0557. The molecule has 4 nitrogen and oxygen atoms in total. The monoisotopic (exact) mass is 384 g/mol. The van der Waals surface area contributed by atoms with Gasteiger partial charge in [-0.05, 0) is 48.6 Å². The minimum atomic E-state index is -4.62. The third-order valence-electron chi connectivity index (χ3n) is 4.39. The van der Waals surface area contributed by atoms with Crippen molar-refractivity contribution >= 4 is 29.0 Å². The fraction of sp³-hybridized carbons (Fsp3) is 0.278. The van der Waals surface area contributed by atoms with Crippen molar-refractivity contribution < 1.29 is 23.1 Å². The first-order valence-corrected chi connectivity index (χ1v) is 8.40. The predicted octanol–water partition coefficient (Wildman–Crippen LogP) is 5.98. The van der Waals surface area contributed by atoms with Gasteiger partial charge in [-0.3, -0.25) is 0 Å². The average molecular weight is 385 g/mol. The van der Waals surface area contributed by atoms with Gasteiger partial charge in [0.1, 0.15) is 5.75 Å². The van der Waals surface area contributed by atoms with Gasteiger partial charge in [0, 0.05) is 5.69 Å². The minimum Gasteiger partial charge on any atom is -0.506 e. The van der Waals surface area contributed by atoms with Crippen molar-refractivity contribution in [2.24, 2.45) is 0 Å². The molecule has 1 fully saturated rings. The lowest BCUT2D eigenvalue weighted by molar-refractivity contribution is -0.137. The summed E-state index contributed by atoms with van der Waals surface area (Å²) in [6, 6.07) is 7.32. The molecule has 0 saturated heterocycles. The highest BCUT2D eigenvalue weighted by atomic mass is 35.5. The maximum absolute atomic E-state index is 12.9. The molecule has 8 heteroatoms. The van der Waals surface area contributed by atoms with Crippen molar-refractivity contribution in [1.29, 1.82) is 0 Å². The first-order valence-electron chi connectivity index (χ1n) is 8.02. The van der Waals surface area contributed by atoms with Crippen LogP contribution in [0, 0.1) is 0 Å². The van der Waals surface area contributed by atoms with E-state index in [0.29, 0.717) is 0 Å². The second-order valence-corrected chi connectivity index (χ2v) is 6.55. The number of phenols is 1. The largest absolute Gasteiger partial charge is 0.506 e. The number of anilines is 2. The van der Waals surface area contributed by atoms with Gasteiger partial charge >= 0.3 is 12.2 Å². The van der Waals surface area contributed by atoms with Crippen LogP contribution < -0.4 is 10.6 Å². The van der Waals surface area contributed by atoms with Crippen LogP contribution in [0.15, 0.2) is 36.4 Å². The lowest BCUT2D eigenvalue weighted by Gasteiger charge is -2.28. The highest BCUT2D eigenvalue weighted by Gasteiger charge is 2.33. The van der Waals surface area contributed by atoms with Crippen molar-refractivity contribution in [2.45, 2.75) is 31.4 Å². The summed E-state index contributed by atoms with van der Waals surface area (Å²) in [5.41, 5.74) is 0.00715. The van der Waals surface area contributed by atoms with Crippen LogP contribution in [0.5, 0.6) is 5.75 Å². The standard InChI is InChI=1S/C18H16ClF3N2O2/c19-14-8-7-11(9-13(14)18(20,21)22)23-17(26)24-16-12(10-3-1-4-10)5-2-6-15(16)25/h2,5-10,25H,1,3-4H2,(H2,23,24,26). The number of phenolic OH excluding ortho intramolecular Hbond substituents is 1. The maximum atomic E-state index is 12.9. The number of halogens is 4. The Morgan fingerprint density at radius 3 is 2.50 bits per heavy atom. The van der Waals surface area contributed by atoms with Crippen molar-refractivity contribution in [3.8, 4) is 5.75 Å². The van der Waals surface area contributed by atoms with Gasteiger partial charge in [0.05, 0.1) is 16.3 Å². The van der Waals surface area contributed by atoms with Crippen LogP contribution in [0.2, 0.25) is 5.02 Å². The third-order valence-corrected chi connectivity index (χ3v) is 4.72. The molecule has 1 saturated carbocycles. The first kappa shape index (κ1) is 18.4. The van der Waals surface area contributed by atoms with E-state index in [9.17, 15) is 23.1 Å². The van der Waals surface area contributed by atoms with Gasteiger partial charge < -0.3 is 15.7 Å². The Kier molecular flexibility index (Phi) is 5.00. The molecule has 0 spiro atoms. The predicted molar refractivity (Wildman–Crippen MR) is 93.8 cm³/mol. The van der Waals surface area contributed by atoms with Crippen LogP contribution in [-0.4, -0.2) is 11.1 Å². The summed E-state index contributed by atoms with van der Waals surface area (Å²) in [6.45, 7) is 0. The van der Waals surface area contributed by atoms with E-state index in [1.807, 2.05) is 6.07 Å². The summed E-state index contributed by atoms with van der Waals surface area (Å²) in [5, 5.41) is 14.5. The number of hydrogen-bond acceptors (Lipinski definition) is 2. The molecular formula is C18H16ClF3N2O2. The number of urea groups is 1. The summed E-state index contributed by atoms with van der Waals surface area (Å²) >= 11 is 5.56. The topological polar surface area (TPSA) is 61.4 Å². The molecule has 3 N–H and O–H groups in total. The number of benzene rings is 2. The molecule has 0 radical (unpaired) electrons. The zero-order chi connectivity index (χ0) is 18.9. The van der Waals surface area contributed by atoms with Crippen LogP contribution in [0.3, 0.4) is 0 Å². The van der Waals surface area contributed by atoms with Crippen molar-refractivity contribution in [3.05, 3.63) is 52.5 Å². The number of para-hydroxylation sites is 1. The number of nitrogens with one attached hydrogen (secondary N) is 2. The summed E-state index contributed by atoms with van der Waals surface area (Å²) in [6.07, 6.45) is -1.62. The van der Waals surface area contributed by atoms with Crippen LogP contribution in [0.4, 0.5) is 29.3 Å². The van der Waals surface area contributed by atoms with Crippen molar-refractivity contribution in [2.75, 3.05) is 10.6 Å². The number of hydrogen-bond donors (Lipinski definition) is 3. The van der Waals surface area contributed by atoms with E-state index in [0.717, 1.165) is 37.0 Å². The Labute approximate surface area is 153 Å². The number of rotatable bonds is 3. The third kappa shape index (κ3) is 3.88. The van der Waals surface area contributed by atoms with Gasteiger partial charge in [-0.1, -0.05) is 30.2 Å². The van der Waals surface area contributed by atoms with E-state index in [2.05, 4.69) is 10.6 Å². The molecule has 0 bridgehead atoms. The van der Waals surface area contributed by atoms with Gasteiger partial charge in [-0.2, -0.15) is 13.2 Å². The maximum Gasteiger partial charge on any atom is 0.417 e. The molecule has 0 aromatic heterocycles. The van der Waals surface area contributed by atoms with Crippen molar-refractivity contribution in [1.82, 2.24) is 0 Å². The normalized spacial score (nSPS) is 14.6. The highest BCUT2D eigenvalue weighted by Crippen LogP contribution is 2.43. The summed E-state index contributed by atoms with van der Waals surface area (Å²) in [5.74, 6) is 0.168. The van der Waals surface area contributed by atoms with Crippen LogP contribution >= 0.6 is 11.6 Å². The Bertz CT molecular complexity index is 836. The fourth-order valence-corrected chi connectivity index (χ4v) is 3.07. The summed E-state index contributed by atoms with van der Waals surface area (Å²) in [7, 11) is 0. The Morgan fingerprint density at radius 1 is 1.15 bits per heavy atom.